The monoisotopic (exact) mass is 320 g/mol. The Morgan fingerprint density at radius 1 is 1.00 bits per heavy atom. The molecule has 0 bridgehead atoms. The highest BCUT2D eigenvalue weighted by molar-refractivity contribution is 9.10. The number of benzene rings is 2. The summed E-state index contributed by atoms with van der Waals surface area (Å²) in [6.45, 7) is 0.637. The number of hydrogen-bond donors (Lipinski definition) is 1. The van der Waals surface area contributed by atoms with Crippen LogP contribution in [0.3, 0.4) is 0 Å². The summed E-state index contributed by atoms with van der Waals surface area (Å²) in [6, 6.07) is 16.1. The van der Waals surface area contributed by atoms with E-state index in [1.165, 1.54) is 5.56 Å². The molecule has 2 rings (SSSR count). The molecular weight excluding hydrogens is 304 g/mol. The third kappa shape index (κ3) is 4.08. The molecule has 0 heterocycles. The summed E-state index contributed by atoms with van der Waals surface area (Å²) < 4.78 is 6.66. The van der Waals surface area contributed by atoms with Gasteiger partial charge in [-0.25, -0.2) is 0 Å². The molecule has 2 nitrogen and oxygen atoms in total. The first-order chi connectivity index (χ1) is 9.31. The zero-order chi connectivity index (χ0) is 13.5. The summed E-state index contributed by atoms with van der Waals surface area (Å²) in [6.07, 6.45) is 1.95. The third-order valence-electron chi connectivity index (χ3n) is 2.92. The van der Waals surface area contributed by atoms with Crippen LogP contribution in [-0.2, 0) is 13.0 Å². The molecule has 0 spiro atoms. The second-order valence-corrected chi connectivity index (χ2v) is 5.18. The highest BCUT2D eigenvalue weighted by Gasteiger charge is 2.06. The van der Waals surface area contributed by atoms with Crippen LogP contribution in [0.1, 0.15) is 17.5 Å². The van der Waals surface area contributed by atoms with Gasteiger partial charge in [0.1, 0.15) is 5.75 Å². The number of para-hydroxylation sites is 1. The second kappa shape index (κ2) is 7.31. The van der Waals surface area contributed by atoms with Crippen molar-refractivity contribution in [2.45, 2.75) is 19.4 Å². The maximum Gasteiger partial charge on any atom is 0.138 e. The molecule has 0 fully saturated rings. The van der Waals surface area contributed by atoms with E-state index in [2.05, 4.69) is 28.1 Å². The van der Waals surface area contributed by atoms with Gasteiger partial charge in [0, 0.05) is 5.56 Å². The van der Waals surface area contributed by atoms with Gasteiger partial charge in [-0.15, -0.1) is 0 Å². The minimum absolute atomic E-state index is 0.00649. The Balaban J connectivity index is 1.86. The van der Waals surface area contributed by atoms with Crippen LogP contribution < -0.4 is 4.74 Å². The van der Waals surface area contributed by atoms with E-state index in [4.69, 9.17) is 4.74 Å². The molecule has 0 aliphatic heterocycles. The van der Waals surface area contributed by atoms with Crippen LogP contribution in [0.5, 0.6) is 5.75 Å². The molecule has 0 atom stereocenters. The van der Waals surface area contributed by atoms with Crippen molar-refractivity contribution < 1.29 is 9.84 Å². The zero-order valence-electron chi connectivity index (χ0n) is 10.7. The number of aliphatic hydroxyl groups is 1. The Labute approximate surface area is 122 Å². The Morgan fingerprint density at radius 3 is 2.53 bits per heavy atom. The van der Waals surface area contributed by atoms with Crippen molar-refractivity contribution in [2.75, 3.05) is 6.61 Å². The van der Waals surface area contributed by atoms with Gasteiger partial charge in [-0.3, -0.25) is 0 Å². The predicted molar refractivity (Wildman–Crippen MR) is 80.3 cm³/mol. The fourth-order valence-corrected chi connectivity index (χ4v) is 2.46. The lowest BCUT2D eigenvalue weighted by molar-refractivity contribution is 0.260. The largest absolute Gasteiger partial charge is 0.492 e. The number of ether oxygens (including phenoxy) is 1. The summed E-state index contributed by atoms with van der Waals surface area (Å²) in [4.78, 5) is 0. The van der Waals surface area contributed by atoms with Gasteiger partial charge >= 0.3 is 0 Å². The molecule has 0 saturated carbocycles. The van der Waals surface area contributed by atoms with E-state index >= 15 is 0 Å². The molecular formula is C16H17BrO2. The van der Waals surface area contributed by atoms with Gasteiger partial charge in [0.15, 0.2) is 0 Å². The molecule has 100 valence electrons. The smallest absolute Gasteiger partial charge is 0.138 e. The van der Waals surface area contributed by atoms with Crippen molar-refractivity contribution in [3.8, 4) is 5.75 Å². The predicted octanol–water partition coefficient (Wildman–Crippen LogP) is 3.95. The van der Waals surface area contributed by atoms with Gasteiger partial charge in [0.25, 0.3) is 0 Å². The molecule has 0 aromatic heterocycles. The molecule has 0 saturated heterocycles. The minimum Gasteiger partial charge on any atom is -0.492 e. The van der Waals surface area contributed by atoms with E-state index in [0.717, 1.165) is 28.6 Å². The molecule has 0 unspecified atom stereocenters. The van der Waals surface area contributed by atoms with E-state index in [0.29, 0.717) is 6.61 Å². The van der Waals surface area contributed by atoms with Crippen molar-refractivity contribution in [1.82, 2.24) is 0 Å². The number of halogens is 1. The maximum atomic E-state index is 9.28. The van der Waals surface area contributed by atoms with Gasteiger partial charge in [0.05, 0.1) is 17.7 Å². The average molecular weight is 321 g/mol. The molecule has 0 amide bonds. The fraction of sp³-hybridized carbons (Fsp3) is 0.250. The van der Waals surface area contributed by atoms with Crippen molar-refractivity contribution in [3.05, 3.63) is 64.1 Å². The third-order valence-corrected chi connectivity index (χ3v) is 3.54. The second-order valence-electron chi connectivity index (χ2n) is 4.32. The van der Waals surface area contributed by atoms with Crippen LogP contribution in [0.4, 0.5) is 0 Å². The Bertz CT molecular complexity index is 511. The SMILES string of the molecule is OCc1cccc(Br)c1OCCCc1ccccc1. The normalized spacial score (nSPS) is 10.4. The van der Waals surface area contributed by atoms with Crippen molar-refractivity contribution in [1.29, 1.82) is 0 Å². The molecule has 0 aliphatic rings. The van der Waals surface area contributed by atoms with E-state index in [9.17, 15) is 5.11 Å². The number of aryl methyl sites for hydroxylation is 1. The quantitative estimate of drug-likeness (QED) is 0.816. The molecule has 0 aliphatic carbocycles. The fourth-order valence-electron chi connectivity index (χ4n) is 1.93. The lowest BCUT2D eigenvalue weighted by Gasteiger charge is -2.11. The van der Waals surface area contributed by atoms with Crippen LogP contribution in [0.25, 0.3) is 0 Å². The van der Waals surface area contributed by atoms with Gasteiger partial charge < -0.3 is 9.84 Å². The highest BCUT2D eigenvalue weighted by atomic mass is 79.9. The van der Waals surface area contributed by atoms with Crippen molar-refractivity contribution in [3.63, 3.8) is 0 Å². The van der Waals surface area contributed by atoms with E-state index < -0.39 is 0 Å². The molecule has 0 radical (unpaired) electrons. The van der Waals surface area contributed by atoms with Gasteiger partial charge in [-0.2, -0.15) is 0 Å². The molecule has 19 heavy (non-hydrogen) atoms. The summed E-state index contributed by atoms with van der Waals surface area (Å²) in [5.74, 6) is 0.748. The minimum atomic E-state index is -0.00649. The maximum absolute atomic E-state index is 9.28. The molecule has 2 aromatic carbocycles. The van der Waals surface area contributed by atoms with Crippen LogP contribution in [0, 0.1) is 0 Å². The Kier molecular flexibility index (Phi) is 5.43. The van der Waals surface area contributed by atoms with Crippen molar-refractivity contribution in [2.24, 2.45) is 0 Å². The molecule has 2 aromatic rings. The van der Waals surface area contributed by atoms with Crippen LogP contribution >= 0.6 is 15.9 Å². The lowest BCUT2D eigenvalue weighted by atomic mass is 10.1. The van der Waals surface area contributed by atoms with Gasteiger partial charge in [-0.1, -0.05) is 42.5 Å². The van der Waals surface area contributed by atoms with E-state index in [1.54, 1.807) is 0 Å². The first kappa shape index (κ1) is 14.1. The van der Waals surface area contributed by atoms with Crippen LogP contribution in [-0.4, -0.2) is 11.7 Å². The molecule has 3 heteroatoms. The van der Waals surface area contributed by atoms with Crippen LogP contribution in [0.2, 0.25) is 0 Å². The zero-order valence-corrected chi connectivity index (χ0v) is 12.3. The summed E-state index contributed by atoms with van der Waals surface area (Å²) in [7, 11) is 0. The van der Waals surface area contributed by atoms with E-state index in [-0.39, 0.29) is 6.61 Å². The summed E-state index contributed by atoms with van der Waals surface area (Å²) in [5, 5.41) is 9.28. The van der Waals surface area contributed by atoms with Gasteiger partial charge in [-0.05, 0) is 40.4 Å². The topological polar surface area (TPSA) is 29.5 Å². The van der Waals surface area contributed by atoms with Crippen molar-refractivity contribution >= 4 is 15.9 Å². The Morgan fingerprint density at radius 2 is 1.79 bits per heavy atom. The van der Waals surface area contributed by atoms with E-state index in [1.807, 2.05) is 36.4 Å². The first-order valence-electron chi connectivity index (χ1n) is 6.36. The number of hydrogen-bond acceptors (Lipinski definition) is 2. The lowest BCUT2D eigenvalue weighted by Crippen LogP contribution is -2.02. The van der Waals surface area contributed by atoms with Gasteiger partial charge in [0.2, 0.25) is 0 Å². The number of aliphatic hydroxyl groups excluding tert-OH is 1. The first-order valence-corrected chi connectivity index (χ1v) is 7.15. The molecule has 1 N–H and O–H groups in total. The summed E-state index contributed by atoms with van der Waals surface area (Å²) >= 11 is 3.45. The highest BCUT2D eigenvalue weighted by Crippen LogP contribution is 2.29. The van der Waals surface area contributed by atoms with Crippen LogP contribution in [0.15, 0.2) is 53.0 Å². The average Bonchev–Trinajstić information content (AvgIpc) is 2.46. The summed E-state index contributed by atoms with van der Waals surface area (Å²) in [5.41, 5.74) is 2.13. The number of rotatable bonds is 6. The standard InChI is InChI=1S/C16H17BrO2/c17-15-10-4-9-14(12-18)16(15)19-11-5-8-13-6-2-1-3-7-13/h1-4,6-7,9-10,18H,5,8,11-12H2. The Hall–Kier alpha value is -1.32.